The van der Waals surface area contributed by atoms with Crippen LogP contribution in [0.1, 0.15) is 37.0 Å². The molecule has 0 saturated carbocycles. The van der Waals surface area contributed by atoms with Gasteiger partial charge in [0.25, 0.3) is 0 Å². The van der Waals surface area contributed by atoms with Gasteiger partial charge < -0.3 is 10.2 Å². The first kappa shape index (κ1) is 28.3. The molecule has 0 aliphatic heterocycles. The monoisotopic (exact) mass is 586 g/mol. The smallest absolute Gasteiger partial charge is 0.243 e. The van der Waals surface area contributed by atoms with Crippen LogP contribution in [0, 0.1) is 0 Å². The molecule has 0 heterocycles. The molecule has 0 aliphatic carbocycles. The molecule has 0 spiro atoms. The minimum atomic E-state index is -0.631. The number of hydrogen-bond donors (Lipinski definition) is 1. The molecule has 0 aliphatic rings. The van der Waals surface area contributed by atoms with E-state index in [0.717, 1.165) is 27.6 Å². The summed E-state index contributed by atoms with van der Waals surface area (Å²) >= 11 is 11.3. The Morgan fingerprint density at radius 2 is 1.69 bits per heavy atom. The zero-order valence-electron chi connectivity index (χ0n) is 20.6. The van der Waals surface area contributed by atoms with Crippen LogP contribution in [-0.4, -0.2) is 34.6 Å². The van der Waals surface area contributed by atoms with Gasteiger partial charge in [0.1, 0.15) is 6.04 Å². The van der Waals surface area contributed by atoms with Gasteiger partial charge in [0.15, 0.2) is 0 Å². The van der Waals surface area contributed by atoms with Crippen molar-refractivity contribution < 1.29 is 9.59 Å². The summed E-state index contributed by atoms with van der Waals surface area (Å²) in [4.78, 5) is 28.9. The fourth-order valence-corrected chi connectivity index (χ4v) is 5.42. The van der Waals surface area contributed by atoms with Crippen molar-refractivity contribution in [1.29, 1.82) is 0 Å². The zero-order valence-corrected chi connectivity index (χ0v) is 23.8. The average molecular weight is 588 g/mol. The number of nitrogens with zero attached hydrogens (tertiary/aromatic N) is 1. The van der Waals surface area contributed by atoms with Crippen LogP contribution < -0.4 is 5.32 Å². The van der Waals surface area contributed by atoms with E-state index >= 15 is 0 Å². The van der Waals surface area contributed by atoms with Crippen LogP contribution in [0.3, 0.4) is 0 Å². The van der Waals surface area contributed by atoms with Crippen LogP contribution in [0.25, 0.3) is 0 Å². The summed E-state index contributed by atoms with van der Waals surface area (Å²) in [6.07, 6.45) is 1.26. The number of thioether (sulfide) groups is 1. The van der Waals surface area contributed by atoms with Gasteiger partial charge in [-0.2, -0.15) is 0 Å². The lowest BCUT2D eigenvalue weighted by Crippen LogP contribution is -2.52. The summed E-state index contributed by atoms with van der Waals surface area (Å²) in [6.45, 7) is 4.36. The second kappa shape index (κ2) is 14.5. The van der Waals surface area contributed by atoms with Crippen LogP contribution in [-0.2, 0) is 28.3 Å². The highest BCUT2D eigenvalue weighted by Gasteiger charge is 2.31. The molecular weight excluding hydrogens is 556 g/mol. The molecule has 36 heavy (non-hydrogen) atoms. The van der Waals surface area contributed by atoms with E-state index < -0.39 is 6.04 Å². The quantitative estimate of drug-likeness (QED) is 0.251. The second-order valence-electron chi connectivity index (χ2n) is 8.76. The van der Waals surface area contributed by atoms with E-state index in [0.29, 0.717) is 23.7 Å². The first-order valence-electron chi connectivity index (χ1n) is 12.1. The van der Waals surface area contributed by atoms with E-state index in [-0.39, 0.29) is 23.6 Å². The van der Waals surface area contributed by atoms with Gasteiger partial charge >= 0.3 is 0 Å². The molecule has 2 amide bonds. The number of hydrogen-bond acceptors (Lipinski definition) is 3. The first-order valence-corrected chi connectivity index (χ1v) is 14.4. The number of carbonyl (C=O) groups excluding carboxylic acids is 2. The number of rotatable bonds is 12. The third kappa shape index (κ3) is 8.68. The molecule has 3 aromatic carbocycles. The Bertz CT molecular complexity index is 1140. The summed E-state index contributed by atoms with van der Waals surface area (Å²) in [5, 5.41) is 3.80. The highest BCUT2D eigenvalue weighted by molar-refractivity contribution is 9.10. The molecule has 1 N–H and O–H groups in total. The fraction of sp³-hybridized carbons (Fsp3) is 0.310. The molecule has 2 unspecified atom stereocenters. The molecule has 4 nitrogen and oxygen atoms in total. The molecule has 0 saturated heterocycles. The summed E-state index contributed by atoms with van der Waals surface area (Å²) < 4.78 is 0.934. The normalized spacial score (nSPS) is 12.6. The Morgan fingerprint density at radius 1 is 1.00 bits per heavy atom. The Hall–Kier alpha value is -2.28. The zero-order chi connectivity index (χ0) is 25.9. The molecule has 0 fully saturated rings. The number of halogens is 2. The van der Waals surface area contributed by atoms with E-state index in [1.807, 2.05) is 92.7 Å². The van der Waals surface area contributed by atoms with Gasteiger partial charge in [0.05, 0.1) is 5.75 Å². The predicted molar refractivity (Wildman–Crippen MR) is 154 cm³/mol. The van der Waals surface area contributed by atoms with Crippen molar-refractivity contribution >= 4 is 51.1 Å². The van der Waals surface area contributed by atoms with Gasteiger partial charge in [-0.05, 0) is 48.2 Å². The Morgan fingerprint density at radius 3 is 2.39 bits per heavy atom. The van der Waals surface area contributed by atoms with E-state index in [4.69, 9.17) is 11.6 Å². The predicted octanol–water partition coefficient (Wildman–Crippen LogP) is 6.89. The Kier molecular flexibility index (Phi) is 11.4. The van der Waals surface area contributed by atoms with Crippen LogP contribution in [0.5, 0.6) is 0 Å². The number of amides is 2. The van der Waals surface area contributed by atoms with Crippen molar-refractivity contribution in [2.24, 2.45) is 0 Å². The average Bonchev–Trinajstić information content (AvgIpc) is 2.87. The first-order chi connectivity index (χ1) is 17.4. The SMILES string of the molecule is CCC(C)NC(=O)C(Cc1ccccc1)N(Cc1cccc(Br)c1)C(=O)CSCc1ccccc1Cl. The molecule has 0 aromatic heterocycles. The maximum absolute atomic E-state index is 13.7. The fourth-order valence-electron chi connectivity index (χ4n) is 3.77. The van der Waals surface area contributed by atoms with Gasteiger partial charge in [-0.3, -0.25) is 9.59 Å². The minimum absolute atomic E-state index is 0.0215. The molecule has 7 heteroatoms. The highest BCUT2D eigenvalue weighted by atomic mass is 79.9. The van der Waals surface area contributed by atoms with Crippen molar-refractivity contribution in [1.82, 2.24) is 10.2 Å². The van der Waals surface area contributed by atoms with E-state index in [1.54, 1.807) is 4.90 Å². The molecular formula is C29H32BrClN2O2S. The lowest BCUT2D eigenvalue weighted by molar-refractivity contribution is -0.139. The largest absolute Gasteiger partial charge is 0.352 e. The van der Waals surface area contributed by atoms with Gasteiger partial charge in [0.2, 0.25) is 11.8 Å². The Labute approximate surface area is 231 Å². The van der Waals surface area contributed by atoms with E-state index in [2.05, 4.69) is 21.2 Å². The number of benzene rings is 3. The van der Waals surface area contributed by atoms with Gasteiger partial charge in [0, 0.05) is 34.3 Å². The highest BCUT2D eigenvalue weighted by Crippen LogP contribution is 2.23. The van der Waals surface area contributed by atoms with Crippen LogP contribution in [0.2, 0.25) is 5.02 Å². The molecule has 2 atom stereocenters. The van der Waals surface area contributed by atoms with Crippen LogP contribution >= 0.6 is 39.3 Å². The Balaban J connectivity index is 1.86. The third-order valence-electron chi connectivity index (χ3n) is 5.96. The summed E-state index contributed by atoms with van der Waals surface area (Å²) in [6, 6.07) is 24.8. The second-order valence-corrected chi connectivity index (χ2v) is 11.1. The van der Waals surface area contributed by atoms with Crippen LogP contribution in [0.15, 0.2) is 83.3 Å². The topological polar surface area (TPSA) is 49.4 Å². The van der Waals surface area contributed by atoms with Crippen LogP contribution in [0.4, 0.5) is 0 Å². The number of carbonyl (C=O) groups is 2. The third-order valence-corrected chi connectivity index (χ3v) is 7.78. The van der Waals surface area contributed by atoms with Gasteiger partial charge in [-0.25, -0.2) is 0 Å². The molecule has 0 radical (unpaired) electrons. The maximum Gasteiger partial charge on any atom is 0.243 e. The van der Waals surface area contributed by atoms with E-state index in [1.165, 1.54) is 11.8 Å². The molecule has 0 bridgehead atoms. The summed E-state index contributed by atoms with van der Waals surface area (Å²) in [7, 11) is 0. The van der Waals surface area contributed by atoms with Crippen molar-refractivity contribution in [2.75, 3.05) is 5.75 Å². The van der Waals surface area contributed by atoms with Crippen molar-refractivity contribution in [2.45, 2.75) is 51.1 Å². The lowest BCUT2D eigenvalue weighted by atomic mass is 10.0. The summed E-state index contributed by atoms with van der Waals surface area (Å²) in [5.41, 5.74) is 2.96. The van der Waals surface area contributed by atoms with Crippen molar-refractivity contribution in [3.8, 4) is 0 Å². The standard InChI is InChI=1S/C29H32BrClN2O2S/c1-3-21(2)32-29(35)27(17-22-10-5-4-6-11-22)33(18-23-12-9-14-25(30)16-23)28(34)20-36-19-24-13-7-8-15-26(24)31/h4-16,21,27H,3,17-20H2,1-2H3,(H,32,35). The molecule has 3 rings (SSSR count). The molecule has 3 aromatic rings. The molecule has 190 valence electrons. The van der Waals surface area contributed by atoms with Gasteiger partial charge in [-0.15, -0.1) is 11.8 Å². The summed E-state index contributed by atoms with van der Waals surface area (Å²) in [5.74, 6) is 0.666. The minimum Gasteiger partial charge on any atom is -0.352 e. The van der Waals surface area contributed by atoms with Crippen molar-refractivity contribution in [3.63, 3.8) is 0 Å². The lowest BCUT2D eigenvalue weighted by Gasteiger charge is -2.32. The maximum atomic E-state index is 13.7. The van der Waals surface area contributed by atoms with Gasteiger partial charge in [-0.1, -0.05) is 95.1 Å². The number of nitrogens with one attached hydrogen (secondary N) is 1. The van der Waals surface area contributed by atoms with E-state index in [9.17, 15) is 9.59 Å². The van der Waals surface area contributed by atoms with Crippen molar-refractivity contribution in [3.05, 3.63) is 105 Å².